The summed E-state index contributed by atoms with van der Waals surface area (Å²) in [4.78, 5) is 16.5. The van der Waals surface area contributed by atoms with Gasteiger partial charge in [0.2, 0.25) is 0 Å². The van der Waals surface area contributed by atoms with Crippen LogP contribution in [0.2, 0.25) is 5.02 Å². The summed E-state index contributed by atoms with van der Waals surface area (Å²) in [6.07, 6.45) is 1.50. The molecule has 1 aromatic heterocycles. The number of hydrogen-bond donors (Lipinski definition) is 2. The molecule has 0 aliphatic rings. The number of aromatic nitrogens is 1. The Bertz CT molecular complexity index is 932. The number of benzene rings is 2. The van der Waals surface area contributed by atoms with Crippen LogP contribution in [0.5, 0.6) is 5.75 Å². The number of methoxy groups -OCH3 is 1. The lowest BCUT2D eigenvalue weighted by Crippen LogP contribution is -2.14. The van der Waals surface area contributed by atoms with Crippen molar-refractivity contribution in [3.63, 3.8) is 0 Å². The highest BCUT2D eigenvalue weighted by Gasteiger charge is 2.11. The molecule has 0 saturated carbocycles. The highest BCUT2D eigenvalue weighted by Crippen LogP contribution is 2.28. The minimum Gasteiger partial charge on any atom is -0.495 e. The first kappa shape index (κ1) is 17.7. The van der Waals surface area contributed by atoms with Crippen LogP contribution < -0.4 is 15.4 Å². The standard InChI is InChI=1S/C19H15ClFN3O2/c1-26-18-8-5-12(20)9-17(18)24-19(25)16-7-6-15(11-22-16)23-14-4-2-3-13(21)10-14/h2-11,23H,1H3,(H,24,25). The number of nitrogens with zero attached hydrogens (tertiary/aromatic N) is 1. The first-order chi connectivity index (χ1) is 12.5. The van der Waals surface area contributed by atoms with Gasteiger partial charge in [-0.3, -0.25) is 4.79 Å². The number of halogens is 2. The van der Waals surface area contributed by atoms with Crippen LogP contribution in [0.25, 0.3) is 0 Å². The molecule has 0 aliphatic carbocycles. The Labute approximate surface area is 154 Å². The molecule has 7 heteroatoms. The molecule has 0 atom stereocenters. The zero-order valence-electron chi connectivity index (χ0n) is 13.8. The van der Waals surface area contributed by atoms with Crippen LogP contribution in [0.4, 0.5) is 21.5 Å². The quantitative estimate of drug-likeness (QED) is 0.671. The van der Waals surface area contributed by atoms with E-state index >= 15 is 0 Å². The van der Waals surface area contributed by atoms with Gasteiger partial charge < -0.3 is 15.4 Å². The highest BCUT2D eigenvalue weighted by molar-refractivity contribution is 6.31. The van der Waals surface area contributed by atoms with E-state index in [-0.39, 0.29) is 11.5 Å². The van der Waals surface area contributed by atoms with Gasteiger partial charge in [0.05, 0.1) is 24.7 Å². The molecule has 3 aromatic rings. The molecule has 5 nitrogen and oxygen atoms in total. The molecule has 0 aliphatic heterocycles. The summed E-state index contributed by atoms with van der Waals surface area (Å²) in [5.41, 5.74) is 1.89. The molecule has 0 bridgehead atoms. The Kier molecular flexibility index (Phi) is 5.34. The molecule has 0 radical (unpaired) electrons. The van der Waals surface area contributed by atoms with E-state index in [9.17, 15) is 9.18 Å². The molecule has 1 amide bonds. The maximum atomic E-state index is 13.2. The lowest BCUT2D eigenvalue weighted by Gasteiger charge is -2.11. The summed E-state index contributed by atoms with van der Waals surface area (Å²) in [7, 11) is 1.50. The molecule has 0 saturated heterocycles. The minimum atomic E-state index is -0.400. The van der Waals surface area contributed by atoms with Gasteiger partial charge in [0, 0.05) is 10.7 Å². The number of hydrogen-bond acceptors (Lipinski definition) is 4. The van der Waals surface area contributed by atoms with Crippen molar-refractivity contribution in [2.45, 2.75) is 0 Å². The van der Waals surface area contributed by atoms with Crippen molar-refractivity contribution >= 4 is 34.6 Å². The second kappa shape index (κ2) is 7.84. The van der Waals surface area contributed by atoms with E-state index in [2.05, 4.69) is 15.6 Å². The maximum Gasteiger partial charge on any atom is 0.274 e. The van der Waals surface area contributed by atoms with Crippen LogP contribution in [0, 0.1) is 5.82 Å². The fourth-order valence-corrected chi connectivity index (χ4v) is 2.47. The Balaban J connectivity index is 1.72. The van der Waals surface area contributed by atoms with Gasteiger partial charge in [-0.25, -0.2) is 9.37 Å². The van der Waals surface area contributed by atoms with Gasteiger partial charge in [0.15, 0.2) is 0 Å². The predicted molar refractivity (Wildman–Crippen MR) is 99.9 cm³/mol. The molecule has 2 aromatic carbocycles. The monoisotopic (exact) mass is 371 g/mol. The third-order valence-corrected chi connectivity index (χ3v) is 3.75. The topological polar surface area (TPSA) is 63.2 Å². The fourth-order valence-electron chi connectivity index (χ4n) is 2.30. The zero-order chi connectivity index (χ0) is 18.5. The fraction of sp³-hybridized carbons (Fsp3) is 0.0526. The van der Waals surface area contributed by atoms with Crippen molar-refractivity contribution in [2.24, 2.45) is 0 Å². The summed E-state index contributed by atoms with van der Waals surface area (Å²) >= 11 is 5.95. The summed E-state index contributed by atoms with van der Waals surface area (Å²) < 4.78 is 18.4. The molecule has 0 fully saturated rings. The first-order valence-corrected chi connectivity index (χ1v) is 8.06. The minimum absolute atomic E-state index is 0.219. The van der Waals surface area contributed by atoms with Crippen molar-refractivity contribution < 1.29 is 13.9 Å². The van der Waals surface area contributed by atoms with E-state index in [4.69, 9.17) is 16.3 Å². The normalized spacial score (nSPS) is 10.3. The Morgan fingerprint density at radius 3 is 2.65 bits per heavy atom. The highest BCUT2D eigenvalue weighted by atomic mass is 35.5. The first-order valence-electron chi connectivity index (χ1n) is 7.69. The van der Waals surface area contributed by atoms with Crippen molar-refractivity contribution in [1.29, 1.82) is 0 Å². The smallest absolute Gasteiger partial charge is 0.274 e. The second-order valence-electron chi connectivity index (χ2n) is 5.37. The second-order valence-corrected chi connectivity index (χ2v) is 5.80. The predicted octanol–water partition coefficient (Wildman–Crippen LogP) is 4.88. The summed E-state index contributed by atoms with van der Waals surface area (Å²) in [5.74, 6) is -0.246. The van der Waals surface area contributed by atoms with Crippen LogP contribution in [-0.2, 0) is 0 Å². The SMILES string of the molecule is COc1ccc(Cl)cc1NC(=O)c1ccc(Nc2cccc(F)c2)cn1. The number of carbonyl (C=O) groups excluding carboxylic acids is 1. The Morgan fingerprint density at radius 2 is 1.96 bits per heavy atom. The third kappa shape index (κ3) is 4.29. The number of pyridine rings is 1. The number of rotatable bonds is 5. The molecule has 0 unspecified atom stereocenters. The van der Waals surface area contributed by atoms with Crippen LogP contribution >= 0.6 is 11.6 Å². The molecule has 1 heterocycles. The Hall–Kier alpha value is -3.12. The van der Waals surface area contributed by atoms with Gasteiger partial charge >= 0.3 is 0 Å². The van der Waals surface area contributed by atoms with Gasteiger partial charge in [-0.1, -0.05) is 17.7 Å². The zero-order valence-corrected chi connectivity index (χ0v) is 14.5. The van der Waals surface area contributed by atoms with E-state index in [1.807, 2.05) is 0 Å². The van der Waals surface area contributed by atoms with Crippen molar-refractivity contribution in [3.05, 3.63) is 77.3 Å². The van der Waals surface area contributed by atoms with Gasteiger partial charge in [0.1, 0.15) is 17.3 Å². The number of carbonyl (C=O) groups is 1. The number of amides is 1. The van der Waals surface area contributed by atoms with Crippen LogP contribution in [0.3, 0.4) is 0 Å². The lowest BCUT2D eigenvalue weighted by atomic mass is 10.2. The molecule has 26 heavy (non-hydrogen) atoms. The largest absolute Gasteiger partial charge is 0.495 e. The van der Waals surface area contributed by atoms with Crippen LogP contribution in [0.1, 0.15) is 10.5 Å². The number of ether oxygens (including phenoxy) is 1. The van der Waals surface area contributed by atoms with Gasteiger partial charge in [-0.15, -0.1) is 0 Å². The number of nitrogens with one attached hydrogen (secondary N) is 2. The van der Waals surface area contributed by atoms with Crippen molar-refractivity contribution in [1.82, 2.24) is 4.98 Å². The van der Waals surface area contributed by atoms with Gasteiger partial charge in [-0.05, 0) is 48.5 Å². The molecular formula is C19H15ClFN3O2. The molecule has 3 rings (SSSR count). The van der Waals surface area contributed by atoms with Crippen molar-refractivity contribution in [3.8, 4) is 5.75 Å². The summed E-state index contributed by atoms with van der Waals surface area (Å²) in [5, 5.41) is 6.20. The summed E-state index contributed by atoms with van der Waals surface area (Å²) in [6.45, 7) is 0. The molecule has 0 spiro atoms. The van der Waals surface area contributed by atoms with E-state index in [1.54, 1.807) is 42.5 Å². The molecule has 2 N–H and O–H groups in total. The van der Waals surface area contributed by atoms with Crippen LogP contribution in [-0.4, -0.2) is 18.0 Å². The van der Waals surface area contributed by atoms with Gasteiger partial charge in [0.25, 0.3) is 5.91 Å². The van der Waals surface area contributed by atoms with E-state index in [1.165, 1.54) is 25.4 Å². The maximum absolute atomic E-state index is 13.2. The van der Waals surface area contributed by atoms with E-state index in [0.717, 1.165) is 0 Å². The van der Waals surface area contributed by atoms with E-state index in [0.29, 0.717) is 27.8 Å². The van der Waals surface area contributed by atoms with Crippen LogP contribution in [0.15, 0.2) is 60.8 Å². The molecular weight excluding hydrogens is 357 g/mol. The Morgan fingerprint density at radius 1 is 1.12 bits per heavy atom. The molecule has 132 valence electrons. The van der Waals surface area contributed by atoms with Crippen molar-refractivity contribution in [2.75, 3.05) is 17.7 Å². The van der Waals surface area contributed by atoms with E-state index < -0.39 is 5.91 Å². The average molecular weight is 372 g/mol. The third-order valence-electron chi connectivity index (χ3n) is 3.52. The van der Waals surface area contributed by atoms with Gasteiger partial charge in [-0.2, -0.15) is 0 Å². The lowest BCUT2D eigenvalue weighted by molar-refractivity contribution is 0.102. The summed E-state index contributed by atoms with van der Waals surface area (Å²) in [6, 6.07) is 14.2. The number of anilines is 3. The average Bonchev–Trinajstić information content (AvgIpc) is 2.62.